The SMILES string of the molecule is C=C=CC(C)(C)C1CCOCC1. The third-order valence-corrected chi connectivity index (χ3v) is 2.75. The van der Waals surface area contributed by atoms with Gasteiger partial charge in [0.2, 0.25) is 0 Å². The van der Waals surface area contributed by atoms with Gasteiger partial charge in [0.1, 0.15) is 0 Å². The lowest BCUT2D eigenvalue weighted by atomic mass is 9.75. The molecule has 1 rings (SSSR count). The first-order valence-corrected chi connectivity index (χ1v) is 4.61. The molecule has 1 aliphatic heterocycles. The van der Waals surface area contributed by atoms with Crippen molar-refractivity contribution in [3.05, 3.63) is 18.4 Å². The molecule has 1 aliphatic rings. The molecular formula is C11H18O. The van der Waals surface area contributed by atoms with E-state index in [1.54, 1.807) is 0 Å². The van der Waals surface area contributed by atoms with Crippen LogP contribution in [0.5, 0.6) is 0 Å². The fraction of sp³-hybridized carbons (Fsp3) is 0.727. The Morgan fingerprint density at radius 3 is 2.50 bits per heavy atom. The van der Waals surface area contributed by atoms with Crippen molar-refractivity contribution in [1.82, 2.24) is 0 Å². The summed E-state index contributed by atoms with van der Waals surface area (Å²) in [5, 5.41) is 0. The van der Waals surface area contributed by atoms with E-state index in [1.165, 1.54) is 12.8 Å². The highest BCUT2D eigenvalue weighted by molar-refractivity contribution is 4.96. The molecule has 0 aromatic carbocycles. The normalized spacial score (nSPS) is 20.2. The molecule has 0 N–H and O–H groups in total. The van der Waals surface area contributed by atoms with Gasteiger partial charge < -0.3 is 4.74 Å². The highest BCUT2D eigenvalue weighted by Gasteiger charge is 2.28. The van der Waals surface area contributed by atoms with Gasteiger partial charge in [-0.25, -0.2) is 0 Å². The van der Waals surface area contributed by atoms with Crippen LogP contribution in [0.4, 0.5) is 0 Å². The molecule has 68 valence electrons. The van der Waals surface area contributed by atoms with Crippen LogP contribution in [0.3, 0.4) is 0 Å². The van der Waals surface area contributed by atoms with Crippen molar-refractivity contribution < 1.29 is 4.74 Å². The van der Waals surface area contributed by atoms with Crippen LogP contribution >= 0.6 is 0 Å². The van der Waals surface area contributed by atoms with Gasteiger partial charge >= 0.3 is 0 Å². The Labute approximate surface area is 75.1 Å². The Morgan fingerprint density at radius 2 is 2.00 bits per heavy atom. The highest BCUT2D eigenvalue weighted by atomic mass is 16.5. The van der Waals surface area contributed by atoms with Crippen LogP contribution in [0.1, 0.15) is 26.7 Å². The monoisotopic (exact) mass is 166 g/mol. The molecule has 0 aromatic heterocycles. The molecule has 0 aromatic rings. The van der Waals surface area contributed by atoms with E-state index in [9.17, 15) is 0 Å². The van der Waals surface area contributed by atoms with Crippen LogP contribution in [-0.2, 0) is 4.74 Å². The molecule has 0 spiro atoms. The maximum Gasteiger partial charge on any atom is 0.0469 e. The molecule has 0 saturated carbocycles. The Kier molecular flexibility index (Phi) is 3.13. The van der Waals surface area contributed by atoms with Crippen LogP contribution in [0.2, 0.25) is 0 Å². The van der Waals surface area contributed by atoms with Gasteiger partial charge in [-0.15, -0.1) is 5.73 Å². The molecule has 1 saturated heterocycles. The number of rotatable bonds is 2. The summed E-state index contributed by atoms with van der Waals surface area (Å²) in [5.41, 5.74) is 3.13. The molecule has 1 heteroatoms. The van der Waals surface area contributed by atoms with Crippen molar-refractivity contribution in [1.29, 1.82) is 0 Å². The van der Waals surface area contributed by atoms with Crippen molar-refractivity contribution in [3.8, 4) is 0 Å². The fourth-order valence-electron chi connectivity index (χ4n) is 1.82. The molecule has 1 nitrogen and oxygen atoms in total. The van der Waals surface area contributed by atoms with Crippen LogP contribution in [0.15, 0.2) is 18.4 Å². The average molecular weight is 166 g/mol. The molecular weight excluding hydrogens is 148 g/mol. The Balaban J connectivity index is 2.59. The van der Waals surface area contributed by atoms with Crippen molar-refractivity contribution in [2.24, 2.45) is 11.3 Å². The summed E-state index contributed by atoms with van der Waals surface area (Å²) in [6.45, 7) is 9.96. The lowest BCUT2D eigenvalue weighted by molar-refractivity contribution is 0.0366. The summed E-state index contributed by atoms with van der Waals surface area (Å²) in [6.07, 6.45) is 4.43. The third-order valence-electron chi connectivity index (χ3n) is 2.75. The Bertz CT molecular complexity index is 181. The van der Waals surface area contributed by atoms with E-state index in [0.29, 0.717) is 0 Å². The van der Waals surface area contributed by atoms with Gasteiger partial charge in [0.25, 0.3) is 0 Å². The van der Waals surface area contributed by atoms with Gasteiger partial charge in [-0.05, 0) is 30.3 Å². The van der Waals surface area contributed by atoms with Crippen LogP contribution in [0.25, 0.3) is 0 Å². The minimum Gasteiger partial charge on any atom is -0.381 e. The predicted molar refractivity (Wildman–Crippen MR) is 51.0 cm³/mol. The number of hydrogen-bond acceptors (Lipinski definition) is 1. The van der Waals surface area contributed by atoms with Gasteiger partial charge in [-0.3, -0.25) is 0 Å². The first-order chi connectivity index (χ1) is 5.67. The zero-order valence-electron chi connectivity index (χ0n) is 8.10. The first kappa shape index (κ1) is 9.57. The molecule has 0 radical (unpaired) electrons. The molecule has 0 unspecified atom stereocenters. The first-order valence-electron chi connectivity index (χ1n) is 4.61. The largest absolute Gasteiger partial charge is 0.381 e. The van der Waals surface area contributed by atoms with E-state index < -0.39 is 0 Å². The van der Waals surface area contributed by atoms with Crippen molar-refractivity contribution >= 4 is 0 Å². The lowest BCUT2D eigenvalue weighted by Crippen LogP contribution is -2.28. The van der Waals surface area contributed by atoms with Crippen molar-refractivity contribution in [3.63, 3.8) is 0 Å². The maximum absolute atomic E-state index is 5.32. The lowest BCUT2D eigenvalue weighted by Gasteiger charge is -2.33. The van der Waals surface area contributed by atoms with Crippen LogP contribution in [0, 0.1) is 11.3 Å². The minimum absolute atomic E-state index is 0.242. The second-order valence-corrected chi connectivity index (χ2v) is 4.06. The van der Waals surface area contributed by atoms with Gasteiger partial charge in [0.15, 0.2) is 0 Å². The summed E-state index contributed by atoms with van der Waals surface area (Å²) in [6, 6.07) is 0. The zero-order chi connectivity index (χ0) is 9.03. The summed E-state index contributed by atoms with van der Waals surface area (Å²) in [5.74, 6) is 0.737. The zero-order valence-corrected chi connectivity index (χ0v) is 8.10. The maximum atomic E-state index is 5.32. The number of ether oxygens (including phenoxy) is 1. The molecule has 1 fully saturated rings. The molecule has 0 atom stereocenters. The van der Waals surface area contributed by atoms with E-state index in [1.807, 2.05) is 0 Å². The molecule has 1 heterocycles. The number of hydrogen-bond donors (Lipinski definition) is 0. The fourth-order valence-corrected chi connectivity index (χ4v) is 1.82. The van der Waals surface area contributed by atoms with Gasteiger partial charge in [-0.1, -0.05) is 20.4 Å². The van der Waals surface area contributed by atoms with Crippen LogP contribution in [-0.4, -0.2) is 13.2 Å². The van der Waals surface area contributed by atoms with Gasteiger partial charge in [0, 0.05) is 13.2 Å². The van der Waals surface area contributed by atoms with Gasteiger partial charge in [0.05, 0.1) is 0 Å². The second kappa shape index (κ2) is 3.93. The van der Waals surface area contributed by atoms with E-state index in [-0.39, 0.29) is 5.41 Å². The summed E-state index contributed by atoms with van der Waals surface area (Å²) < 4.78 is 5.32. The Morgan fingerprint density at radius 1 is 1.42 bits per heavy atom. The Hall–Kier alpha value is -0.520. The smallest absolute Gasteiger partial charge is 0.0469 e. The molecule has 0 amide bonds. The van der Waals surface area contributed by atoms with E-state index >= 15 is 0 Å². The minimum atomic E-state index is 0.242. The van der Waals surface area contributed by atoms with E-state index in [2.05, 4.69) is 32.2 Å². The summed E-state index contributed by atoms with van der Waals surface area (Å²) in [4.78, 5) is 0. The van der Waals surface area contributed by atoms with E-state index in [0.717, 1.165) is 19.1 Å². The average Bonchev–Trinajstić information content (AvgIpc) is 2.06. The molecule has 0 bridgehead atoms. The van der Waals surface area contributed by atoms with Crippen molar-refractivity contribution in [2.75, 3.05) is 13.2 Å². The molecule has 0 aliphatic carbocycles. The van der Waals surface area contributed by atoms with Crippen LogP contribution < -0.4 is 0 Å². The van der Waals surface area contributed by atoms with E-state index in [4.69, 9.17) is 4.74 Å². The number of allylic oxidation sites excluding steroid dienone is 1. The topological polar surface area (TPSA) is 9.23 Å². The second-order valence-electron chi connectivity index (χ2n) is 4.06. The molecule has 12 heavy (non-hydrogen) atoms. The standard InChI is InChI=1S/C11H18O/c1-4-7-11(2,3)10-5-8-12-9-6-10/h7,10H,1,5-6,8-9H2,2-3H3. The highest BCUT2D eigenvalue weighted by Crippen LogP contribution is 2.35. The summed E-state index contributed by atoms with van der Waals surface area (Å²) >= 11 is 0. The summed E-state index contributed by atoms with van der Waals surface area (Å²) in [7, 11) is 0. The van der Waals surface area contributed by atoms with Gasteiger partial charge in [-0.2, -0.15) is 0 Å². The predicted octanol–water partition coefficient (Wildman–Crippen LogP) is 2.78. The van der Waals surface area contributed by atoms with Crippen molar-refractivity contribution in [2.45, 2.75) is 26.7 Å². The third kappa shape index (κ3) is 2.23. The quantitative estimate of drug-likeness (QED) is 0.573.